The molecule has 0 aromatic carbocycles. The largest absolute Gasteiger partial charge is 0.211 e. The first-order valence-electron chi connectivity index (χ1n) is 2.79. The Hall–Kier alpha value is -0.850. The molecule has 9 heavy (non-hydrogen) atoms. The predicted octanol–water partition coefficient (Wildman–Crippen LogP) is 2.99. The van der Waals surface area contributed by atoms with Gasteiger partial charge < -0.3 is 0 Å². The van der Waals surface area contributed by atoms with Crippen molar-refractivity contribution < 1.29 is 4.39 Å². The monoisotopic (exact) mass is 126 g/mol. The van der Waals surface area contributed by atoms with Gasteiger partial charge in [-0.3, -0.25) is 0 Å². The van der Waals surface area contributed by atoms with E-state index in [1.165, 1.54) is 12.2 Å². The number of allylic oxidation sites excluding steroid dienone is 4. The number of halogens is 1. The quantitative estimate of drug-likeness (QED) is 0.403. The van der Waals surface area contributed by atoms with Crippen LogP contribution < -0.4 is 0 Å². The number of rotatable bonds is 3. The van der Waals surface area contributed by atoms with Crippen LogP contribution in [-0.4, -0.2) is 0 Å². The third-order valence-electron chi connectivity index (χ3n) is 0.742. The zero-order valence-corrected chi connectivity index (χ0v) is 5.65. The van der Waals surface area contributed by atoms with Gasteiger partial charge in [0.2, 0.25) is 0 Å². The van der Waals surface area contributed by atoms with Gasteiger partial charge in [-0.15, -0.1) is 6.58 Å². The van der Waals surface area contributed by atoms with Crippen molar-refractivity contribution in [1.82, 2.24) is 0 Å². The molecule has 1 heteroatoms. The van der Waals surface area contributed by atoms with Gasteiger partial charge in [-0.2, -0.15) is 0 Å². The lowest BCUT2D eigenvalue weighted by Gasteiger charge is -1.88. The van der Waals surface area contributed by atoms with E-state index in [0.29, 0.717) is 6.42 Å². The Morgan fingerprint density at radius 2 is 2.22 bits per heavy atom. The van der Waals surface area contributed by atoms with Crippen LogP contribution in [0.5, 0.6) is 0 Å². The minimum Gasteiger partial charge on any atom is -0.211 e. The fourth-order valence-corrected chi connectivity index (χ4v) is 0.464. The van der Waals surface area contributed by atoms with Crippen LogP contribution in [0.4, 0.5) is 4.39 Å². The summed E-state index contributed by atoms with van der Waals surface area (Å²) in [5.74, 6) is -0.183. The highest BCUT2D eigenvalue weighted by atomic mass is 19.1. The molecule has 0 heterocycles. The molecule has 0 unspecified atom stereocenters. The summed E-state index contributed by atoms with van der Waals surface area (Å²) in [6, 6.07) is 0. The highest BCUT2D eigenvalue weighted by molar-refractivity contribution is 5.15. The lowest BCUT2D eigenvalue weighted by molar-refractivity contribution is 0.617. The topological polar surface area (TPSA) is 0 Å². The fraction of sp³-hybridized carbons (Fsp3) is 0.250. The number of hydrogen-bond acceptors (Lipinski definition) is 0. The van der Waals surface area contributed by atoms with Gasteiger partial charge in [0, 0.05) is 6.42 Å². The third-order valence-corrected chi connectivity index (χ3v) is 0.742. The molecule has 0 aliphatic heterocycles. The molecule has 0 radical (unpaired) electrons. The van der Waals surface area contributed by atoms with Crippen molar-refractivity contribution >= 4 is 0 Å². The van der Waals surface area contributed by atoms with Crippen LogP contribution in [-0.2, 0) is 0 Å². The van der Waals surface area contributed by atoms with Crippen LogP contribution in [0, 0.1) is 0 Å². The third kappa shape index (κ3) is 5.01. The lowest BCUT2D eigenvalue weighted by atomic mass is 10.2. The summed E-state index contributed by atoms with van der Waals surface area (Å²) in [7, 11) is 0. The maximum absolute atomic E-state index is 12.4. The normalized spacial score (nSPS) is 11.1. The fourth-order valence-electron chi connectivity index (χ4n) is 0.464. The van der Waals surface area contributed by atoms with E-state index in [1.807, 2.05) is 0 Å². The number of hydrogen-bond donors (Lipinski definition) is 0. The zero-order valence-electron chi connectivity index (χ0n) is 5.65. The van der Waals surface area contributed by atoms with Gasteiger partial charge >= 0.3 is 0 Å². The summed E-state index contributed by atoms with van der Waals surface area (Å²) in [5, 5.41) is 0. The second-order valence-corrected chi connectivity index (χ2v) is 1.93. The van der Waals surface area contributed by atoms with Crippen molar-refractivity contribution in [2.24, 2.45) is 0 Å². The van der Waals surface area contributed by atoms with E-state index >= 15 is 0 Å². The molecule has 0 aliphatic rings. The molecular formula is C8H11F. The Labute approximate surface area is 55.4 Å². The van der Waals surface area contributed by atoms with E-state index in [4.69, 9.17) is 0 Å². The molecule has 50 valence electrons. The molecule has 0 rings (SSSR count). The first-order chi connectivity index (χ1) is 4.16. The van der Waals surface area contributed by atoms with Crippen molar-refractivity contribution in [2.75, 3.05) is 0 Å². The van der Waals surface area contributed by atoms with E-state index in [2.05, 4.69) is 13.2 Å². The van der Waals surface area contributed by atoms with E-state index in [1.54, 1.807) is 6.92 Å². The molecule has 0 N–H and O–H groups in total. The van der Waals surface area contributed by atoms with Gasteiger partial charge in [0.25, 0.3) is 0 Å². The molecule has 0 spiro atoms. The molecule has 0 fully saturated rings. The minimum atomic E-state index is -0.183. The van der Waals surface area contributed by atoms with Crippen molar-refractivity contribution in [2.45, 2.75) is 13.3 Å². The van der Waals surface area contributed by atoms with Gasteiger partial charge in [-0.1, -0.05) is 18.2 Å². The van der Waals surface area contributed by atoms with E-state index < -0.39 is 0 Å². The summed E-state index contributed by atoms with van der Waals surface area (Å²) in [4.78, 5) is 0. The van der Waals surface area contributed by atoms with Crippen LogP contribution in [0.3, 0.4) is 0 Å². The van der Waals surface area contributed by atoms with Crippen LogP contribution >= 0.6 is 0 Å². The van der Waals surface area contributed by atoms with Gasteiger partial charge in [0.05, 0.1) is 0 Å². The van der Waals surface area contributed by atoms with Crippen molar-refractivity contribution in [3.05, 3.63) is 36.7 Å². The van der Waals surface area contributed by atoms with Crippen molar-refractivity contribution in [1.29, 1.82) is 0 Å². The Morgan fingerprint density at radius 1 is 1.67 bits per heavy atom. The van der Waals surface area contributed by atoms with Crippen molar-refractivity contribution in [3.63, 3.8) is 0 Å². The molecular weight excluding hydrogens is 115 g/mol. The maximum Gasteiger partial charge on any atom is 0.104 e. The van der Waals surface area contributed by atoms with Crippen LogP contribution in [0.1, 0.15) is 13.3 Å². The van der Waals surface area contributed by atoms with Crippen LogP contribution in [0.15, 0.2) is 36.7 Å². The van der Waals surface area contributed by atoms with Crippen LogP contribution in [0.2, 0.25) is 0 Å². The second kappa shape index (κ2) is 4.07. The molecule has 0 aliphatic carbocycles. The Kier molecular flexibility index (Phi) is 3.69. The second-order valence-electron chi connectivity index (χ2n) is 1.93. The lowest BCUT2D eigenvalue weighted by Crippen LogP contribution is -1.70. The van der Waals surface area contributed by atoms with E-state index in [0.717, 1.165) is 5.57 Å². The van der Waals surface area contributed by atoms with Crippen LogP contribution in [0.25, 0.3) is 0 Å². The molecule has 0 aromatic heterocycles. The molecule has 0 nitrogen and oxygen atoms in total. The summed E-state index contributed by atoms with van der Waals surface area (Å²) < 4.78 is 12.4. The molecule has 0 saturated carbocycles. The Balaban J connectivity index is 3.83. The average Bonchev–Trinajstić information content (AvgIpc) is 1.63. The van der Waals surface area contributed by atoms with Crippen molar-refractivity contribution in [3.8, 4) is 0 Å². The molecule has 0 atom stereocenters. The summed E-state index contributed by atoms with van der Waals surface area (Å²) in [5.41, 5.74) is 0.731. The summed E-state index contributed by atoms with van der Waals surface area (Å²) >= 11 is 0. The van der Waals surface area contributed by atoms with E-state index in [-0.39, 0.29) is 5.83 Å². The zero-order chi connectivity index (χ0) is 7.28. The smallest absolute Gasteiger partial charge is 0.104 e. The van der Waals surface area contributed by atoms with E-state index in [9.17, 15) is 4.39 Å². The van der Waals surface area contributed by atoms with Gasteiger partial charge in [-0.25, -0.2) is 4.39 Å². The standard InChI is InChI=1S/C8H11F/c1-4-5-8(9)6-7(2)3/h4,6H,1-2,5H2,3H3/b8-6+. The molecule has 0 saturated heterocycles. The molecule has 0 bridgehead atoms. The SMILES string of the molecule is C=CC/C(F)=C\C(=C)C. The summed E-state index contributed by atoms with van der Waals surface area (Å²) in [6.45, 7) is 8.68. The van der Waals surface area contributed by atoms with Gasteiger partial charge in [0.15, 0.2) is 0 Å². The summed E-state index contributed by atoms with van der Waals surface area (Å²) in [6.07, 6.45) is 3.23. The Bertz CT molecular complexity index is 143. The predicted molar refractivity (Wildman–Crippen MR) is 38.8 cm³/mol. The molecule has 0 aromatic rings. The van der Waals surface area contributed by atoms with Gasteiger partial charge in [-0.05, 0) is 13.0 Å². The highest BCUT2D eigenvalue weighted by Crippen LogP contribution is 2.05. The first-order valence-corrected chi connectivity index (χ1v) is 2.79. The van der Waals surface area contributed by atoms with Gasteiger partial charge in [0.1, 0.15) is 5.83 Å². The molecule has 0 amide bonds. The minimum absolute atomic E-state index is 0.183. The average molecular weight is 126 g/mol. The Morgan fingerprint density at radius 3 is 2.56 bits per heavy atom. The maximum atomic E-state index is 12.4. The highest BCUT2D eigenvalue weighted by Gasteiger charge is 1.87. The first kappa shape index (κ1) is 8.15.